The van der Waals surface area contributed by atoms with Gasteiger partial charge in [-0.05, 0) is 6.07 Å². The maximum Gasteiger partial charge on any atom is 0.244 e. The number of ether oxygens (including phenoxy) is 1. The topological polar surface area (TPSA) is 29.5 Å². The van der Waals surface area contributed by atoms with Crippen LogP contribution in [0.2, 0.25) is 0 Å². The van der Waals surface area contributed by atoms with Crippen LogP contribution >= 0.6 is 0 Å². The van der Waals surface area contributed by atoms with E-state index in [9.17, 15) is 13.6 Å². The Morgan fingerprint density at radius 1 is 1.44 bits per heavy atom. The number of hydrogen-bond donors (Lipinski definition) is 0. The number of carbonyl (C=O) groups is 1. The Hall–Kier alpha value is -1.65. The van der Waals surface area contributed by atoms with Gasteiger partial charge in [-0.25, -0.2) is 8.78 Å². The molecule has 1 fully saturated rings. The van der Waals surface area contributed by atoms with Gasteiger partial charge in [0.15, 0.2) is 0 Å². The third-order valence-corrected chi connectivity index (χ3v) is 3.15. The summed E-state index contributed by atoms with van der Waals surface area (Å²) >= 11 is 0. The van der Waals surface area contributed by atoms with Crippen LogP contribution in [-0.4, -0.2) is 37.4 Å². The monoisotopic (exact) mass is 255 g/mol. The Kier molecular flexibility index (Phi) is 3.79. The van der Waals surface area contributed by atoms with Gasteiger partial charge in [0.1, 0.15) is 5.75 Å². The highest BCUT2D eigenvalue weighted by Gasteiger charge is 2.36. The van der Waals surface area contributed by atoms with Gasteiger partial charge < -0.3 is 9.64 Å². The number of halogens is 2. The predicted octanol–water partition coefficient (Wildman–Crippen LogP) is 1.96. The Bertz CT molecular complexity index is 431. The maximum atomic E-state index is 12.3. The van der Waals surface area contributed by atoms with Gasteiger partial charge in [0, 0.05) is 18.7 Å². The molecule has 98 valence electrons. The number of carbonyl (C=O) groups excluding carboxylic acids is 1. The normalized spacial score (nSPS) is 15.7. The molecule has 2 rings (SSSR count). The summed E-state index contributed by atoms with van der Waals surface area (Å²) < 4.78 is 29.8. The Morgan fingerprint density at radius 3 is 2.72 bits per heavy atom. The highest BCUT2D eigenvalue weighted by Crippen LogP contribution is 2.24. The number of likely N-dealkylation sites (tertiary alicyclic amines) is 1. The van der Waals surface area contributed by atoms with Gasteiger partial charge in [-0.15, -0.1) is 0 Å². The average molecular weight is 255 g/mol. The van der Waals surface area contributed by atoms with E-state index in [0.717, 1.165) is 5.56 Å². The van der Waals surface area contributed by atoms with E-state index in [1.165, 1.54) is 4.90 Å². The first kappa shape index (κ1) is 12.8. The first-order chi connectivity index (χ1) is 8.61. The van der Waals surface area contributed by atoms with E-state index in [1.54, 1.807) is 19.2 Å². The number of nitrogens with zero attached hydrogens (tertiary/aromatic N) is 1. The fourth-order valence-electron chi connectivity index (χ4n) is 2.00. The van der Waals surface area contributed by atoms with Gasteiger partial charge in [-0.1, -0.05) is 18.2 Å². The largest absolute Gasteiger partial charge is 0.496 e. The number of para-hydroxylation sites is 1. The molecular formula is C13H15F2NO2. The van der Waals surface area contributed by atoms with Crippen molar-refractivity contribution in [2.45, 2.75) is 12.8 Å². The van der Waals surface area contributed by atoms with Crippen LogP contribution in [0.3, 0.4) is 0 Å². The Labute approximate surface area is 104 Å². The van der Waals surface area contributed by atoms with Gasteiger partial charge >= 0.3 is 0 Å². The van der Waals surface area contributed by atoms with E-state index in [4.69, 9.17) is 4.74 Å². The molecule has 0 N–H and O–H groups in total. The molecule has 1 aliphatic rings. The lowest BCUT2D eigenvalue weighted by Gasteiger charge is -2.38. The lowest BCUT2D eigenvalue weighted by atomic mass is 9.99. The number of methoxy groups -OCH3 is 1. The number of benzene rings is 1. The Morgan fingerprint density at radius 2 is 2.11 bits per heavy atom. The minimum absolute atomic E-state index is 0.128. The van der Waals surface area contributed by atoms with Crippen molar-refractivity contribution < 1.29 is 18.3 Å². The van der Waals surface area contributed by atoms with Crippen LogP contribution in [0.4, 0.5) is 8.78 Å². The lowest BCUT2D eigenvalue weighted by molar-refractivity contribution is -0.140. The fraction of sp³-hybridized carbons (Fsp3) is 0.462. The minimum atomic E-state index is -2.33. The molecule has 0 saturated carbocycles. The van der Waals surface area contributed by atoms with Crippen molar-refractivity contribution in [3.63, 3.8) is 0 Å². The van der Waals surface area contributed by atoms with E-state index >= 15 is 0 Å². The number of rotatable bonds is 4. The lowest BCUT2D eigenvalue weighted by Crippen LogP contribution is -2.53. The van der Waals surface area contributed by atoms with Crippen LogP contribution in [0.5, 0.6) is 5.75 Å². The molecule has 1 amide bonds. The number of amides is 1. The third kappa shape index (κ3) is 2.60. The molecule has 0 spiro atoms. The van der Waals surface area contributed by atoms with Crippen molar-refractivity contribution in [3.8, 4) is 5.75 Å². The van der Waals surface area contributed by atoms with Gasteiger partial charge in [0.2, 0.25) is 12.3 Å². The second-order valence-electron chi connectivity index (χ2n) is 4.38. The zero-order valence-corrected chi connectivity index (χ0v) is 10.1. The van der Waals surface area contributed by atoms with Gasteiger partial charge in [0.25, 0.3) is 0 Å². The quantitative estimate of drug-likeness (QED) is 0.823. The molecule has 0 aliphatic carbocycles. The molecule has 1 aliphatic heterocycles. The summed E-state index contributed by atoms with van der Waals surface area (Å²) in [5, 5.41) is 0. The minimum Gasteiger partial charge on any atom is -0.496 e. The van der Waals surface area contributed by atoms with Crippen LogP contribution in [0.25, 0.3) is 0 Å². The van der Waals surface area contributed by atoms with E-state index in [-0.39, 0.29) is 25.4 Å². The SMILES string of the molecule is COc1ccccc1CC(=O)N1CC(C(F)F)C1. The maximum absolute atomic E-state index is 12.3. The summed E-state index contributed by atoms with van der Waals surface area (Å²) in [5.41, 5.74) is 0.783. The molecule has 1 heterocycles. The molecule has 0 aromatic heterocycles. The first-order valence-electron chi connectivity index (χ1n) is 5.79. The van der Waals surface area contributed by atoms with Crippen molar-refractivity contribution in [1.29, 1.82) is 0 Å². The smallest absolute Gasteiger partial charge is 0.244 e. The standard InChI is InChI=1S/C13H15F2NO2/c1-18-11-5-3-2-4-9(11)6-12(17)16-7-10(8-16)13(14)15/h2-5,10,13H,6-8H2,1H3. The predicted molar refractivity (Wildman–Crippen MR) is 62.8 cm³/mol. The summed E-state index contributed by atoms with van der Waals surface area (Å²) in [7, 11) is 1.54. The molecule has 0 unspecified atom stereocenters. The van der Waals surface area contributed by atoms with E-state index in [2.05, 4.69) is 0 Å². The molecule has 3 nitrogen and oxygen atoms in total. The van der Waals surface area contributed by atoms with Gasteiger partial charge in [-0.3, -0.25) is 4.79 Å². The molecule has 0 radical (unpaired) electrons. The van der Waals surface area contributed by atoms with E-state index in [0.29, 0.717) is 5.75 Å². The molecular weight excluding hydrogens is 240 g/mol. The summed E-state index contributed by atoms with van der Waals surface area (Å²) in [5.74, 6) is -0.139. The fourth-order valence-corrected chi connectivity index (χ4v) is 2.00. The van der Waals surface area contributed by atoms with Crippen LogP contribution in [0, 0.1) is 5.92 Å². The molecule has 0 bridgehead atoms. The highest BCUT2D eigenvalue weighted by atomic mass is 19.3. The van der Waals surface area contributed by atoms with Crippen LogP contribution in [-0.2, 0) is 11.2 Å². The average Bonchev–Trinajstić information content (AvgIpc) is 2.27. The van der Waals surface area contributed by atoms with Crippen LogP contribution < -0.4 is 4.74 Å². The van der Waals surface area contributed by atoms with E-state index < -0.39 is 12.3 Å². The van der Waals surface area contributed by atoms with Crippen molar-refractivity contribution in [1.82, 2.24) is 4.90 Å². The number of hydrogen-bond acceptors (Lipinski definition) is 2. The van der Waals surface area contributed by atoms with Crippen molar-refractivity contribution in [2.75, 3.05) is 20.2 Å². The summed E-state index contributed by atoms with van der Waals surface area (Å²) in [6.45, 7) is 0.317. The van der Waals surface area contributed by atoms with E-state index in [1.807, 2.05) is 12.1 Å². The summed E-state index contributed by atoms with van der Waals surface area (Å²) in [4.78, 5) is 13.3. The zero-order valence-electron chi connectivity index (χ0n) is 10.1. The molecule has 1 aromatic carbocycles. The van der Waals surface area contributed by atoms with Crippen molar-refractivity contribution >= 4 is 5.91 Å². The Balaban J connectivity index is 1.92. The molecule has 1 saturated heterocycles. The van der Waals surface area contributed by atoms with Crippen molar-refractivity contribution in [3.05, 3.63) is 29.8 Å². The summed E-state index contributed by atoms with van der Waals surface area (Å²) in [6, 6.07) is 7.23. The molecule has 1 aromatic rings. The zero-order chi connectivity index (χ0) is 13.1. The van der Waals surface area contributed by atoms with Crippen molar-refractivity contribution in [2.24, 2.45) is 5.92 Å². The molecule has 18 heavy (non-hydrogen) atoms. The second-order valence-corrected chi connectivity index (χ2v) is 4.38. The molecule has 5 heteroatoms. The third-order valence-electron chi connectivity index (χ3n) is 3.15. The van der Waals surface area contributed by atoms with Crippen LogP contribution in [0.1, 0.15) is 5.56 Å². The number of alkyl halides is 2. The van der Waals surface area contributed by atoms with Gasteiger partial charge in [-0.2, -0.15) is 0 Å². The highest BCUT2D eigenvalue weighted by molar-refractivity contribution is 5.80. The van der Waals surface area contributed by atoms with Crippen LogP contribution in [0.15, 0.2) is 24.3 Å². The molecule has 0 atom stereocenters. The summed E-state index contributed by atoms with van der Waals surface area (Å²) in [6.07, 6.45) is -2.14. The van der Waals surface area contributed by atoms with Gasteiger partial charge in [0.05, 0.1) is 19.4 Å². The first-order valence-corrected chi connectivity index (χ1v) is 5.79. The second kappa shape index (κ2) is 5.33.